The number of anilines is 1. The summed E-state index contributed by atoms with van der Waals surface area (Å²) in [5.41, 5.74) is 6.33. The largest absolute Gasteiger partial charge is 2.00 e. The maximum atomic E-state index is 10.9. The van der Waals surface area contributed by atoms with Crippen molar-refractivity contribution in [3.8, 4) is 0 Å². The average Bonchev–Trinajstić information content (AvgIpc) is 2.39. The second-order valence-electron chi connectivity index (χ2n) is 4.55. The summed E-state index contributed by atoms with van der Waals surface area (Å²) in [4.78, 5) is 0. The zero-order chi connectivity index (χ0) is 16.1. The topological polar surface area (TPSA) is 84.2 Å². The van der Waals surface area contributed by atoms with Gasteiger partial charge in [-0.05, 0) is 24.5 Å². The van der Waals surface area contributed by atoms with Crippen LogP contribution in [0.1, 0.15) is 44.6 Å². The standard InChI is InChI=1S/C14H21NOS.CH3NOS.Ba/c1-2-3-4-5-6-9-12-10-7-8-11-13(12)15-14(16)17;2-1(3)4;/h7-8,10-11H,2-6,9H2,1H3,(H2,15,16,17);(H3,2,3,4);/q;;+2/p-2. The van der Waals surface area contributed by atoms with Crippen LogP contribution in [0.3, 0.4) is 0 Å². The molecule has 0 saturated carbocycles. The van der Waals surface area contributed by atoms with Crippen molar-refractivity contribution in [3.63, 3.8) is 0 Å². The van der Waals surface area contributed by atoms with Crippen molar-refractivity contribution in [3.05, 3.63) is 29.8 Å². The van der Waals surface area contributed by atoms with Gasteiger partial charge in [0.05, 0.1) is 0 Å². The first kappa shape index (κ1) is 24.4. The summed E-state index contributed by atoms with van der Waals surface area (Å²) in [6.07, 6.45) is 7.31. The van der Waals surface area contributed by atoms with Gasteiger partial charge in [-0.15, -0.1) is 0 Å². The molecule has 0 aromatic heterocycles. The van der Waals surface area contributed by atoms with Gasteiger partial charge in [-0.2, -0.15) is 0 Å². The van der Waals surface area contributed by atoms with E-state index in [1.54, 1.807) is 0 Å². The molecule has 0 unspecified atom stereocenters. The van der Waals surface area contributed by atoms with Crippen molar-refractivity contribution < 1.29 is 10.2 Å². The second kappa shape index (κ2) is 16.0. The van der Waals surface area contributed by atoms with Gasteiger partial charge in [0, 0.05) is 16.0 Å². The van der Waals surface area contributed by atoms with Gasteiger partial charge in [-0.3, -0.25) is 0 Å². The number of nitrogens with one attached hydrogen (secondary N) is 1. The molecule has 0 heterocycles. The third-order valence-electron chi connectivity index (χ3n) is 2.80. The number of thiocarbonyl (C=S) groups is 2. The number of unbranched alkanes of at least 4 members (excludes halogenated alkanes) is 4. The number of rotatable bonds is 7. The summed E-state index contributed by atoms with van der Waals surface area (Å²) in [5, 5.41) is 21.5. The maximum Gasteiger partial charge on any atom is 2.00 e. The molecule has 0 spiro atoms. The molecule has 118 valence electrons. The zero-order valence-electron chi connectivity index (χ0n) is 13.0. The fraction of sp³-hybridized carbons (Fsp3) is 0.467. The monoisotopic (exact) mass is 464 g/mol. The van der Waals surface area contributed by atoms with Gasteiger partial charge >= 0.3 is 48.9 Å². The molecular formula is C15H22BaN2O2S2. The van der Waals surface area contributed by atoms with Crippen molar-refractivity contribution in [1.29, 1.82) is 0 Å². The van der Waals surface area contributed by atoms with Crippen LogP contribution in [0.4, 0.5) is 5.69 Å². The summed E-state index contributed by atoms with van der Waals surface area (Å²) in [5.74, 6) is 0. The van der Waals surface area contributed by atoms with Crippen molar-refractivity contribution in [2.45, 2.75) is 45.4 Å². The Kier molecular flexibility index (Phi) is 17.8. The first-order chi connectivity index (χ1) is 9.97. The molecule has 0 aliphatic carbocycles. The fourth-order valence-electron chi connectivity index (χ4n) is 1.89. The fourth-order valence-corrected chi connectivity index (χ4v) is 2.00. The van der Waals surface area contributed by atoms with E-state index < -0.39 is 10.3 Å². The quantitative estimate of drug-likeness (QED) is 0.362. The molecule has 0 radical (unpaired) electrons. The van der Waals surface area contributed by atoms with E-state index in [1.807, 2.05) is 18.2 Å². The van der Waals surface area contributed by atoms with Gasteiger partial charge in [0.15, 0.2) is 0 Å². The van der Waals surface area contributed by atoms with E-state index in [-0.39, 0.29) is 48.9 Å². The minimum absolute atomic E-state index is 0. The van der Waals surface area contributed by atoms with E-state index in [0.29, 0.717) is 0 Å². The van der Waals surface area contributed by atoms with Crippen LogP contribution in [0.5, 0.6) is 0 Å². The van der Waals surface area contributed by atoms with Crippen LogP contribution in [0.15, 0.2) is 24.3 Å². The Morgan fingerprint density at radius 2 is 1.64 bits per heavy atom. The molecule has 0 saturated heterocycles. The number of hydrogen-bond acceptors (Lipinski definition) is 4. The Balaban J connectivity index is 0. The van der Waals surface area contributed by atoms with E-state index >= 15 is 0 Å². The maximum absolute atomic E-state index is 10.9. The minimum atomic E-state index is -0.750. The SMILES string of the molecule is CCCCCCCc1ccccc1NC([O-])=S.NC([O-])=S.[Ba+2]. The molecule has 1 rings (SSSR count). The van der Waals surface area contributed by atoms with Gasteiger partial charge < -0.3 is 21.3 Å². The van der Waals surface area contributed by atoms with Crippen molar-refractivity contribution >= 4 is 89.4 Å². The molecule has 1 aromatic rings. The molecule has 22 heavy (non-hydrogen) atoms. The smallest absolute Gasteiger partial charge is 0.852 e. The number of aryl methyl sites for hydroxylation is 1. The van der Waals surface area contributed by atoms with Crippen molar-refractivity contribution in [1.82, 2.24) is 0 Å². The predicted octanol–water partition coefficient (Wildman–Crippen LogP) is 1.47. The molecule has 0 atom stereocenters. The molecule has 3 N–H and O–H groups in total. The van der Waals surface area contributed by atoms with E-state index in [4.69, 9.17) is 5.11 Å². The van der Waals surface area contributed by atoms with Crippen molar-refractivity contribution in [2.75, 3.05) is 5.32 Å². The van der Waals surface area contributed by atoms with Crippen molar-refractivity contribution in [2.24, 2.45) is 5.73 Å². The van der Waals surface area contributed by atoms with Crippen LogP contribution in [0.2, 0.25) is 0 Å². The number of para-hydroxylation sites is 1. The van der Waals surface area contributed by atoms with Gasteiger partial charge in [0.1, 0.15) is 0 Å². The summed E-state index contributed by atoms with van der Waals surface area (Å²) in [6, 6.07) is 7.88. The molecular weight excluding hydrogens is 442 g/mol. The number of benzene rings is 1. The van der Waals surface area contributed by atoms with E-state index in [0.717, 1.165) is 12.1 Å². The molecule has 0 fully saturated rings. The molecule has 0 aliphatic rings. The minimum Gasteiger partial charge on any atom is -0.852 e. The van der Waals surface area contributed by atoms with Gasteiger partial charge in [-0.1, -0.05) is 75.2 Å². The Labute approximate surface area is 183 Å². The van der Waals surface area contributed by atoms with Gasteiger partial charge in [0.2, 0.25) is 0 Å². The first-order valence-corrected chi connectivity index (χ1v) is 7.81. The summed E-state index contributed by atoms with van der Waals surface area (Å²) in [6.45, 7) is 2.22. The summed E-state index contributed by atoms with van der Waals surface area (Å²) in [7, 11) is 0. The van der Waals surface area contributed by atoms with E-state index in [9.17, 15) is 5.11 Å². The van der Waals surface area contributed by atoms with E-state index in [2.05, 4.69) is 48.5 Å². The summed E-state index contributed by atoms with van der Waals surface area (Å²) < 4.78 is 0. The Morgan fingerprint density at radius 3 is 2.18 bits per heavy atom. The van der Waals surface area contributed by atoms with Crippen LogP contribution in [-0.2, 0) is 6.42 Å². The molecule has 0 aliphatic heterocycles. The van der Waals surface area contributed by atoms with E-state index in [1.165, 1.54) is 37.7 Å². The van der Waals surface area contributed by atoms with Gasteiger partial charge in [0.25, 0.3) is 0 Å². The Bertz CT molecular complexity index is 441. The van der Waals surface area contributed by atoms with Gasteiger partial charge in [-0.25, -0.2) is 0 Å². The molecule has 0 bridgehead atoms. The molecule has 4 nitrogen and oxygen atoms in total. The predicted molar refractivity (Wildman–Crippen MR) is 97.7 cm³/mol. The number of hydrogen-bond donors (Lipinski definition) is 2. The second-order valence-corrected chi connectivity index (χ2v) is 5.33. The average molecular weight is 464 g/mol. The third-order valence-corrected chi connectivity index (χ3v) is 2.91. The molecule has 1 aromatic carbocycles. The Hall–Kier alpha value is 0.171. The van der Waals surface area contributed by atoms with Crippen LogP contribution in [0, 0.1) is 0 Å². The van der Waals surface area contributed by atoms with Crippen LogP contribution in [0.25, 0.3) is 0 Å². The normalized spacial score (nSPS) is 8.95. The zero-order valence-corrected chi connectivity index (χ0v) is 19.0. The first-order valence-electron chi connectivity index (χ1n) is 6.99. The van der Waals surface area contributed by atoms with Crippen LogP contribution < -0.4 is 21.3 Å². The third kappa shape index (κ3) is 15.1. The molecule has 7 heteroatoms. The Morgan fingerprint density at radius 1 is 1.09 bits per heavy atom. The summed E-state index contributed by atoms with van der Waals surface area (Å²) >= 11 is 8.30. The van der Waals surface area contributed by atoms with Crippen LogP contribution >= 0.6 is 24.4 Å². The van der Waals surface area contributed by atoms with Crippen LogP contribution in [-0.4, -0.2) is 59.2 Å². The molecule has 0 amide bonds. The number of nitrogens with two attached hydrogens (primary N) is 1.